The highest BCUT2D eigenvalue weighted by Crippen LogP contribution is 2.17. The van der Waals surface area contributed by atoms with Crippen LogP contribution in [0.1, 0.15) is 0 Å². The molecule has 2 rings (SSSR count). The maximum atomic E-state index is 5.35. The molecule has 1 saturated heterocycles. The van der Waals surface area contributed by atoms with E-state index in [0.717, 1.165) is 51.0 Å². The van der Waals surface area contributed by atoms with Crippen molar-refractivity contribution in [1.82, 2.24) is 15.3 Å². The molecule has 0 spiro atoms. The molecule has 6 nitrogen and oxygen atoms in total. The second-order valence-electron chi connectivity index (χ2n) is 4.36. The Morgan fingerprint density at radius 1 is 1.39 bits per heavy atom. The summed E-state index contributed by atoms with van der Waals surface area (Å²) in [4.78, 5) is 13.0. The van der Waals surface area contributed by atoms with Crippen LogP contribution in [0.3, 0.4) is 0 Å². The Labute approximate surface area is 108 Å². The maximum Gasteiger partial charge on any atom is 0.134 e. The fourth-order valence-electron chi connectivity index (χ4n) is 1.91. The van der Waals surface area contributed by atoms with Crippen LogP contribution < -0.4 is 15.1 Å². The molecule has 0 aliphatic carbocycles. The molecule has 0 radical (unpaired) electrons. The molecule has 2 heterocycles. The fourth-order valence-corrected chi connectivity index (χ4v) is 1.91. The van der Waals surface area contributed by atoms with Crippen molar-refractivity contribution in [2.45, 2.75) is 0 Å². The molecule has 1 aromatic rings. The third-order valence-corrected chi connectivity index (χ3v) is 3.06. The van der Waals surface area contributed by atoms with E-state index < -0.39 is 0 Å². The van der Waals surface area contributed by atoms with E-state index in [1.807, 2.05) is 20.2 Å². The van der Waals surface area contributed by atoms with Gasteiger partial charge >= 0.3 is 0 Å². The van der Waals surface area contributed by atoms with Crippen LogP contribution in [-0.4, -0.2) is 63.5 Å². The summed E-state index contributed by atoms with van der Waals surface area (Å²) in [6.45, 7) is 5.21. The molecule has 100 valence electrons. The molecule has 6 heteroatoms. The SMILES string of the molecule is CNCCN(C)c1cc(N2CCOCC2)ncn1. The molecule has 0 bridgehead atoms. The van der Waals surface area contributed by atoms with Gasteiger partial charge in [0, 0.05) is 39.3 Å². The number of nitrogens with one attached hydrogen (secondary N) is 1. The monoisotopic (exact) mass is 251 g/mol. The number of hydrogen-bond donors (Lipinski definition) is 1. The quantitative estimate of drug-likeness (QED) is 0.793. The zero-order valence-corrected chi connectivity index (χ0v) is 11.1. The summed E-state index contributed by atoms with van der Waals surface area (Å²) in [5.41, 5.74) is 0. The lowest BCUT2D eigenvalue weighted by Crippen LogP contribution is -2.37. The molecule has 1 N–H and O–H groups in total. The minimum atomic E-state index is 0.773. The van der Waals surface area contributed by atoms with E-state index in [4.69, 9.17) is 4.74 Å². The van der Waals surface area contributed by atoms with E-state index >= 15 is 0 Å². The lowest BCUT2D eigenvalue weighted by Gasteiger charge is -2.28. The molecule has 1 aliphatic heterocycles. The third-order valence-electron chi connectivity index (χ3n) is 3.06. The second kappa shape index (κ2) is 6.51. The van der Waals surface area contributed by atoms with E-state index in [1.165, 1.54) is 0 Å². The fraction of sp³-hybridized carbons (Fsp3) is 0.667. The third kappa shape index (κ3) is 3.30. The van der Waals surface area contributed by atoms with E-state index in [0.29, 0.717) is 0 Å². The Morgan fingerprint density at radius 2 is 2.17 bits per heavy atom. The molecule has 18 heavy (non-hydrogen) atoms. The highest BCUT2D eigenvalue weighted by molar-refractivity contribution is 5.49. The van der Waals surface area contributed by atoms with Crippen molar-refractivity contribution in [3.05, 3.63) is 12.4 Å². The van der Waals surface area contributed by atoms with Gasteiger partial charge in [0.15, 0.2) is 0 Å². The summed E-state index contributed by atoms with van der Waals surface area (Å²) in [6, 6.07) is 2.04. The van der Waals surface area contributed by atoms with Crippen LogP contribution >= 0.6 is 0 Å². The molecule has 0 amide bonds. The Balaban J connectivity index is 2.04. The van der Waals surface area contributed by atoms with Gasteiger partial charge in [-0.3, -0.25) is 0 Å². The number of hydrogen-bond acceptors (Lipinski definition) is 6. The summed E-state index contributed by atoms with van der Waals surface area (Å²) in [7, 11) is 4.00. The standard InChI is InChI=1S/C12H21N5O/c1-13-3-4-16(2)11-9-12(15-10-14-11)17-5-7-18-8-6-17/h9-10,13H,3-8H2,1-2H3. The number of likely N-dealkylation sites (N-methyl/N-ethyl adjacent to an activating group) is 2. The van der Waals surface area contributed by atoms with E-state index in [1.54, 1.807) is 6.33 Å². The van der Waals surface area contributed by atoms with Crippen LogP contribution in [0, 0.1) is 0 Å². The smallest absolute Gasteiger partial charge is 0.134 e. The first-order chi connectivity index (χ1) is 8.81. The molecule has 1 fully saturated rings. The lowest BCUT2D eigenvalue weighted by atomic mass is 10.4. The normalized spacial score (nSPS) is 15.8. The number of ether oxygens (including phenoxy) is 1. The van der Waals surface area contributed by atoms with Crippen LogP contribution in [0.25, 0.3) is 0 Å². The van der Waals surface area contributed by atoms with Gasteiger partial charge in [0.1, 0.15) is 18.0 Å². The van der Waals surface area contributed by atoms with Gasteiger partial charge < -0.3 is 19.9 Å². The van der Waals surface area contributed by atoms with Crippen LogP contribution in [0.15, 0.2) is 12.4 Å². The van der Waals surface area contributed by atoms with Crippen molar-refractivity contribution in [3.8, 4) is 0 Å². The van der Waals surface area contributed by atoms with E-state index in [-0.39, 0.29) is 0 Å². The minimum absolute atomic E-state index is 0.773. The van der Waals surface area contributed by atoms with Crippen molar-refractivity contribution >= 4 is 11.6 Å². The second-order valence-corrected chi connectivity index (χ2v) is 4.36. The highest BCUT2D eigenvalue weighted by atomic mass is 16.5. The number of rotatable bonds is 5. The first-order valence-corrected chi connectivity index (χ1v) is 6.31. The Hall–Kier alpha value is -1.40. The molecule has 0 aromatic carbocycles. The van der Waals surface area contributed by atoms with Crippen molar-refractivity contribution < 1.29 is 4.74 Å². The number of morpholine rings is 1. The average molecular weight is 251 g/mol. The summed E-state index contributed by atoms with van der Waals surface area (Å²) >= 11 is 0. The van der Waals surface area contributed by atoms with Crippen LogP contribution in [-0.2, 0) is 4.74 Å². The number of anilines is 2. The van der Waals surface area contributed by atoms with E-state index in [9.17, 15) is 0 Å². The maximum absolute atomic E-state index is 5.35. The minimum Gasteiger partial charge on any atom is -0.378 e. The molecule has 1 aromatic heterocycles. The number of nitrogens with zero attached hydrogens (tertiary/aromatic N) is 4. The van der Waals surface area contributed by atoms with Crippen molar-refractivity contribution in [1.29, 1.82) is 0 Å². The first-order valence-electron chi connectivity index (χ1n) is 6.31. The van der Waals surface area contributed by atoms with Gasteiger partial charge in [0.2, 0.25) is 0 Å². The zero-order chi connectivity index (χ0) is 12.8. The molecular weight excluding hydrogens is 230 g/mol. The van der Waals surface area contributed by atoms with Gasteiger partial charge in [-0.2, -0.15) is 0 Å². The molecule has 0 atom stereocenters. The van der Waals surface area contributed by atoms with Crippen molar-refractivity contribution in [2.75, 3.05) is 63.3 Å². The van der Waals surface area contributed by atoms with Crippen LogP contribution in [0.5, 0.6) is 0 Å². The van der Waals surface area contributed by atoms with Gasteiger partial charge in [0.25, 0.3) is 0 Å². The van der Waals surface area contributed by atoms with Gasteiger partial charge in [-0.05, 0) is 7.05 Å². The van der Waals surface area contributed by atoms with Gasteiger partial charge in [-0.25, -0.2) is 9.97 Å². The van der Waals surface area contributed by atoms with Crippen molar-refractivity contribution in [3.63, 3.8) is 0 Å². The predicted molar refractivity (Wildman–Crippen MR) is 72.3 cm³/mol. The summed E-state index contributed by atoms with van der Waals surface area (Å²) in [5.74, 6) is 1.95. The highest BCUT2D eigenvalue weighted by Gasteiger charge is 2.13. The largest absolute Gasteiger partial charge is 0.378 e. The Morgan fingerprint density at radius 3 is 2.89 bits per heavy atom. The first kappa shape index (κ1) is 13.0. The van der Waals surface area contributed by atoms with Gasteiger partial charge in [0.05, 0.1) is 13.2 Å². The zero-order valence-electron chi connectivity index (χ0n) is 11.1. The van der Waals surface area contributed by atoms with Crippen molar-refractivity contribution in [2.24, 2.45) is 0 Å². The van der Waals surface area contributed by atoms with Crippen LogP contribution in [0.2, 0.25) is 0 Å². The summed E-state index contributed by atoms with van der Waals surface area (Å²) < 4.78 is 5.35. The topological polar surface area (TPSA) is 53.5 Å². The summed E-state index contributed by atoms with van der Waals surface area (Å²) in [5, 5.41) is 3.13. The molecular formula is C12H21N5O. The summed E-state index contributed by atoms with van der Waals surface area (Å²) in [6.07, 6.45) is 1.63. The lowest BCUT2D eigenvalue weighted by molar-refractivity contribution is 0.122. The molecule has 0 saturated carbocycles. The predicted octanol–water partition coefficient (Wildman–Crippen LogP) is -0.0312. The Kier molecular flexibility index (Phi) is 4.72. The van der Waals surface area contributed by atoms with E-state index in [2.05, 4.69) is 25.1 Å². The van der Waals surface area contributed by atoms with Crippen LogP contribution in [0.4, 0.5) is 11.6 Å². The van der Waals surface area contributed by atoms with Gasteiger partial charge in [-0.1, -0.05) is 0 Å². The molecule has 1 aliphatic rings. The Bertz CT molecular complexity index is 367. The number of aromatic nitrogens is 2. The molecule has 0 unspecified atom stereocenters. The average Bonchev–Trinajstić information content (AvgIpc) is 2.46. The van der Waals surface area contributed by atoms with Gasteiger partial charge in [-0.15, -0.1) is 0 Å².